The van der Waals surface area contributed by atoms with Crippen LogP contribution in [-0.2, 0) is 6.42 Å². The van der Waals surface area contributed by atoms with Gasteiger partial charge in [-0.25, -0.2) is 4.68 Å². The predicted octanol–water partition coefficient (Wildman–Crippen LogP) is 4.14. The molecule has 1 aliphatic rings. The zero-order chi connectivity index (χ0) is 15.8. The topological polar surface area (TPSA) is 53.6 Å². The van der Waals surface area contributed by atoms with Crippen molar-refractivity contribution in [2.24, 2.45) is 0 Å². The molecule has 0 fully saturated rings. The van der Waals surface area contributed by atoms with Crippen LogP contribution in [0.15, 0.2) is 53.0 Å². The lowest BCUT2D eigenvalue weighted by Crippen LogP contribution is -2.04. The third kappa shape index (κ3) is 2.32. The van der Waals surface area contributed by atoms with E-state index in [9.17, 15) is 0 Å². The third-order valence-electron chi connectivity index (χ3n) is 4.02. The van der Waals surface area contributed by atoms with Crippen molar-refractivity contribution in [2.45, 2.75) is 6.42 Å². The highest BCUT2D eigenvalue weighted by Gasteiger charge is 2.24. The van der Waals surface area contributed by atoms with Crippen LogP contribution in [0.3, 0.4) is 0 Å². The van der Waals surface area contributed by atoms with Crippen LogP contribution in [-0.4, -0.2) is 16.3 Å². The first-order valence-corrected chi connectivity index (χ1v) is 8.18. The Hall–Kier alpha value is -2.58. The minimum Gasteiger partial charge on any atom is -0.369 e. The van der Waals surface area contributed by atoms with Gasteiger partial charge in [0.1, 0.15) is 5.82 Å². The van der Waals surface area contributed by atoms with E-state index in [-0.39, 0.29) is 0 Å². The highest BCUT2D eigenvalue weighted by molar-refractivity contribution is 9.10. The maximum Gasteiger partial charge on any atom is 0.133 e. The molecule has 0 atom stereocenters. The maximum atomic E-state index is 8.95. The van der Waals surface area contributed by atoms with Crippen molar-refractivity contribution < 1.29 is 0 Å². The molecule has 0 saturated heterocycles. The molecule has 3 aromatic rings. The molecule has 5 heteroatoms. The molecule has 0 amide bonds. The number of benzene rings is 2. The van der Waals surface area contributed by atoms with Crippen LogP contribution in [0.1, 0.15) is 11.1 Å². The second kappa shape index (κ2) is 5.56. The van der Waals surface area contributed by atoms with Crippen molar-refractivity contribution in [3.05, 3.63) is 64.1 Å². The van der Waals surface area contributed by atoms with Gasteiger partial charge in [-0.3, -0.25) is 0 Å². The molecule has 0 aliphatic carbocycles. The van der Waals surface area contributed by atoms with Gasteiger partial charge in [0.2, 0.25) is 0 Å². The molecule has 4 rings (SSSR count). The van der Waals surface area contributed by atoms with E-state index in [4.69, 9.17) is 10.4 Å². The van der Waals surface area contributed by atoms with Crippen LogP contribution < -0.4 is 5.32 Å². The van der Waals surface area contributed by atoms with Crippen molar-refractivity contribution in [1.82, 2.24) is 9.78 Å². The van der Waals surface area contributed by atoms with E-state index in [2.05, 4.69) is 33.4 Å². The second-order valence-electron chi connectivity index (χ2n) is 5.40. The molecule has 2 aromatic carbocycles. The predicted molar refractivity (Wildman–Crippen MR) is 93.6 cm³/mol. The van der Waals surface area contributed by atoms with Gasteiger partial charge in [-0.15, -0.1) is 0 Å². The number of fused-ring (bicyclic) bond motifs is 1. The Morgan fingerprint density at radius 3 is 2.65 bits per heavy atom. The summed E-state index contributed by atoms with van der Waals surface area (Å²) in [4.78, 5) is 0. The first-order valence-electron chi connectivity index (χ1n) is 7.39. The van der Waals surface area contributed by atoms with Crippen LogP contribution in [0.2, 0.25) is 0 Å². The Morgan fingerprint density at radius 1 is 1.13 bits per heavy atom. The summed E-state index contributed by atoms with van der Waals surface area (Å²) in [7, 11) is 0. The van der Waals surface area contributed by atoms with Crippen molar-refractivity contribution in [3.63, 3.8) is 0 Å². The minimum absolute atomic E-state index is 0.650. The van der Waals surface area contributed by atoms with Crippen LogP contribution in [0.4, 0.5) is 5.82 Å². The molecular weight excluding hydrogens is 352 g/mol. The van der Waals surface area contributed by atoms with Gasteiger partial charge in [-0.2, -0.15) is 10.4 Å². The van der Waals surface area contributed by atoms with E-state index < -0.39 is 0 Å². The van der Waals surface area contributed by atoms with Gasteiger partial charge in [-0.05, 0) is 36.8 Å². The van der Waals surface area contributed by atoms with Crippen LogP contribution in [0, 0.1) is 11.3 Å². The number of rotatable bonds is 2. The fourth-order valence-electron chi connectivity index (χ4n) is 2.91. The summed E-state index contributed by atoms with van der Waals surface area (Å²) < 4.78 is 2.97. The monoisotopic (exact) mass is 364 g/mol. The molecule has 1 aromatic heterocycles. The Morgan fingerprint density at radius 2 is 1.91 bits per heavy atom. The Kier molecular flexibility index (Phi) is 3.40. The van der Waals surface area contributed by atoms with Crippen LogP contribution in [0.5, 0.6) is 0 Å². The second-order valence-corrected chi connectivity index (χ2v) is 6.26. The molecule has 4 nitrogen and oxygen atoms in total. The van der Waals surface area contributed by atoms with Crippen molar-refractivity contribution in [1.29, 1.82) is 5.26 Å². The molecule has 0 saturated carbocycles. The number of aromatic nitrogens is 2. The van der Waals surface area contributed by atoms with Crippen molar-refractivity contribution in [3.8, 4) is 23.0 Å². The van der Waals surface area contributed by atoms with E-state index in [1.165, 1.54) is 5.56 Å². The number of halogens is 1. The van der Waals surface area contributed by atoms with E-state index in [0.29, 0.717) is 5.56 Å². The first-order chi connectivity index (χ1) is 11.3. The van der Waals surface area contributed by atoms with E-state index in [1.54, 1.807) is 0 Å². The minimum atomic E-state index is 0.650. The number of anilines is 1. The normalized spacial score (nSPS) is 12.5. The lowest BCUT2D eigenvalue weighted by atomic mass is 10.1. The van der Waals surface area contributed by atoms with Crippen LogP contribution >= 0.6 is 15.9 Å². The average molecular weight is 365 g/mol. The zero-order valence-corrected chi connectivity index (χ0v) is 13.8. The standard InChI is InChI=1S/C18H13BrN4/c19-16-4-2-1-3-14(16)17-15-9-10-21-18(15)23(22-17)13-7-5-12(11-20)6-8-13/h1-8,21H,9-10H2. The summed E-state index contributed by atoms with van der Waals surface area (Å²) in [6, 6.07) is 17.8. The zero-order valence-electron chi connectivity index (χ0n) is 12.3. The Labute approximate surface area is 142 Å². The summed E-state index contributed by atoms with van der Waals surface area (Å²) in [5, 5.41) is 17.2. The average Bonchev–Trinajstić information content (AvgIpc) is 3.18. The molecule has 112 valence electrons. The lowest BCUT2D eigenvalue weighted by Gasteiger charge is -2.06. The highest BCUT2D eigenvalue weighted by Crippen LogP contribution is 2.37. The van der Waals surface area contributed by atoms with Gasteiger partial charge in [0.25, 0.3) is 0 Å². The number of nitrogens with zero attached hydrogens (tertiary/aromatic N) is 3. The Balaban J connectivity index is 1.88. The molecule has 1 aliphatic heterocycles. The molecule has 2 heterocycles. The molecule has 23 heavy (non-hydrogen) atoms. The van der Waals surface area contributed by atoms with Gasteiger partial charge in [0, 0.05) is 22.1 Å². The number of nitriles is 1. The highest BCUT2D eigenvalue weighted by atomic mass is 79.9. The SMILES string of the molecule is N#Cc1ccc(-n2nc(-c3ccccc3Br)c3c2NCC3)cc1. The van der Waals surface area contributed by atoms with Gasteiger partial charge in [0.05, 0.1) is 23.0 Å². The molecule has 0 unspecified atom stereocenters. The maximum absolute atomic E-state index is 8.95. The summed E-state index contributed by atoms with van der Waals surface area (Å²) in [6.45, 7) is 0.918. The van der Waals surface area contributed by atoms with Gasteiger partial charge in [-0.1, -0.05) is 34.1 Å². The fourth-order valence-corrected chi connectivity index (χ4v) is 3.38. The number of hydrogen-bond donors (Lipinski definition) is 1. The summed E-state index contributed by atoms with van der Waals surface area (Å²) in [5.74, 6) is 1.04. The third-order valence-corrected chi connectivity index (χ3v) is 4.71. The van der Waals surface area contributed by atoms with E-state index >= 15 is 0 Å². The largest absolute Gasteiger partial charge is 0.369 e. The van der Waals surface area contributed by atoms with E-state index in [1.807, 2.05) is 47.1 Å². The molecule has 0 radical (unpaired) electrons. The van der Waals surface area contributed by atoms with Gasteiger partial charge >= 0.3 is 0 Å². The molecular formula is C18H13BrN4. The molecule has 0 spiro atoms. The summed E-state index contributed by atoms with van der Waals surface area (Å²) >= 11 is 3.62. The van der Waals surface area contributed by atoms with Gasteiger partial charge in [0.15, 0.2) is 0 Å². The lowest BCUT2D eigenvalue weighted by molar-refractivity contribution is 0.882. The molecule has 1 N–H and O–H groups in total. The number of nitrogens with one attached hydrogen (secondary N) is 1. The quantitative estimate of drug-likeness (QED) is 0.743. The number of hydrogen-bond acceptors (Lipinski definition) is 3. The Bertz CT molecular complexity index is 919. The van der Waals surface area contributed by atoms with Crippen molar-refractivity contribution >= 4 is 21.7 Å². The van der Waals surface area contributed by atoms with Gasteiger partial charge < -0.3 is 5.32 Å². The van der Waals surface area contributed by atoms with E-state index in [0.717, 1.165) is 40.2 Å². The smallest absolute Gasteiger partial charge is 0.133 e. The van der Waals surface area contributed by atoms with Crippen molar-refractivity contribution in [2.75, 3.05) is 11.9 Å². The first kappa shape index (κ1) is 14.0. The summed E-state index contributed by atoms with van der Waals surface area (Å²) in [6.07, 6.45) is 0.961. The van der Waals surface area contributed by atoms with Crippen LogP contribution in [0.25, 0.3) is 16.9 Å². The summed E-state index contributed by atoms with van der Waals surface area (Å²) in [5.41, 5.74) is 4.94. The molecule has 0 bridgehead atoms. The fraction of sp³-hybridized carbons (Fsp3) is 0.111.